The lowest BCUT2D eigenvalue weighted by Crippen LogP contribution is -2.30. The molecule has 0 saturated heterocycles. The highest BCUT2D eigenvalue weighted by atomic mass is 35.5. The Kier molecular flexibility index (Phi) is 5.73. The molecule has 1 aliphatic rings. The van der Waals surface area contributed by atoms with Gasteiger partial charge in [-0.3, -0.25) is 18.9 Å². The second-order valence-electron chi connectivity index (χ2n) is 9.43. The van der Waals surface area contributed by atoms with Crippen LogP contribution in [0.5, 0.6) is 0 Å². The molecule has 35 heavy (non-hydrogen) atoms. The highest BCUT2D eigenvalue weighted by molar-refractivity contribution is 6.30. The van der Waals surface area contributed by atoms with Crippen LogP contribution in [0.4, 0.5) is 5.69 Å². The summed E-state index contributed by atoms with van der Waals surface area (Å²) in [6, 6.07) is 9.16. The van der Waals surface area contributed by atoms with Gasteiger partial charge in [-0.05, 0) is 62.8 Å². The first kappa shape index (κ1) is 23.3. The molecular weight excluding hydrogens is 464 g/mol. The fraction of sp³-hybridized carbons (Fsp3) is 0.308. The van der Waals surface area contributed by atoms with Gasteiger partial charge < -0.3 is 9.47 Å². The second-order valence-corrected chi connectivity index (χ2v) is 9.87. The van der Waals surface area contributed by atoms with Crippen molar-refractivity contribution in [1.82, 2.24) is 24.1 Å². The lowest BCUT2D eigenvalue weighted by molar-refractivity contribution is -0.119. The number of fused-ring (bicyclic) bond motifs is 2. The fourth-order valence-corrected chi connectivity index (χ4v) is 5.13. The van der Waals surface area contributed by atoms with Gasteiger partial charge >= 0.3 is 0 Å². The molecular formula is C26H27ClN6O2. The van der Waals surface area contributed by atoms with Gasteiger partial charge in [0.05, 0.1) is 23.5 Å². The van der Waals surface area contributed by atoms with Crippen molar-refractivity contribution in [3.8, 4) is 0 Å². The number of ketones is 1. The topological polar surface area (TPSA) is 75.7 Å². The van der Waals surface area contributed by atoms with Gasteiger partial charge in [0.25, 0.3) is 5.91 Å². The summed E-state index contributed by atoms with van der Waals surface area (Å²) in [5.41, 5.74) is 5.56. The second kappa shape index (κ2) is 8.62. The van der Waals surface area contributed by atoms with Crippen molar-refractivity contribution in [3.05, 3.63) is 81.5 Å². The zero-order valence-corrected chi connectivity index (χ0v) is 21.2. The van der Waals surface area contributed by atoms with E-state index in [9.17, 15) is 9.59 Å². The van der Waals surface area contributed by atoms with Gasteiger partial charge in [0, 0.05) is 30.9 Å². The molecule has 9 heteroatoms. The molecule has 0 bridgehead atoms. The Morgan fingerprint density at radius 3 is 2.51 bits per heavy atom. The maximum atomic E-state index is 14.1. The molecule has 4 heterocycles. The van der Waals surface area contributed by atoms with E-state index in [1.165, 1.54) is 0 Å². The molecule has 0 aliphatic carbocycles. The van der Waals surface area contributed by atoms with Crippen LogP contribution in [-0.2, 0) is 18.3 Å². The van der Waals surface area contributed by atoms with Gasteiger partial charge in [0.15, 0.2) is 11.4 Å². The Hall–Kier alpha value is -3.49. The molecule has 5 rings (SSSR count). The molecule has 0 spiro atoms. The molecule has 1 unspecified atom stereocenters. The van der Waals surface area contributed by atoms with E-state index in [-0.39, 0.29) is 24.2 Å². The molecule has 3 aromatic heterocycles. The number of amides is 1. The van der Waals surface area contributed by atoms with E-state index in [1.54, 1.807) is 4.90 Å². The summed E-state index contributed by atoms with van der Waals surface area (Å²) in [4.78, 5) is 30.4. The average Bonchev–Trinajstić information content (AvgIpc) is 3.41. The largest absolute Gasteiger partial charge is 0.351 e. The van der Waals surface area contributed by atoms with Crippen molar-refractivity contribution in [3.63, 3.8) is 0 Å². The van der Waals surface area contributed by atoms with Crippen molar-refractivity contribution < 1.29 is 9.59 Å². The quantitative estimate of drug-likeness (QED) is 0.411. The number of Topliss-reactive ketones (excluding diaryl/α,β-unsaturated/α-hetero) is 1. The number of carbonyl (C=O) groups excluding carboxylic acids is 2. The number of benzene rings is 1. The predicted molar refractivity (Wildman–Crippen MR) is 135 cm³/mol. The third-order valence-corrected chi connectivity index (χ3v) is 6.70. The Labute approximate surface area is 208 Å². The van der Waals surface area contributed by atoms with Crippen LogP contribution in [0.3, 0.4) is 0 Å². The van der Waals surface area contributed by atoms with Crippen LogP contribution in [0.2, 0.25) is 5.02 Å². The first-order valence-corrected chi connectivity index (χ1v) is 11.8. The number of halogens is 1. The van der Waals surface area contributed by atoms with Crippen molar-refractivity contribution >= 4 is 34.6 Å². The number of carbonyl (C=O) groups is 2. The first-order chi connectivity index (χ1) is 16.7. The van der Waals surface area contributed by atoms with E-state index in [4.69, 9.17) is 11.6 Å². The number of pyridine rings is 1. The van der Waals surface area contributed by atoms with Crippen LogP contribution >= 0.6 is 11.6 Å². The van der Waals surface area contributed by atoms with E-state index >= 15 is 0 Å². The fourth-order valence-electron chi connectivity index (χ4n) is 5.00. The van der Waals surface area contributed by atoms with Crippen molar-refractivity contribution in [2.75, 3.05) is 25.5 Å². The van der Waals surface area contributed by atoms with Gasteiger partial charge in [0.2, 0.25) is 0 Å². The van der Waals surface area contributed by atoms with Crippen molar-refractivity contribution in [1.29, 1.82) is 0 Å². The minimum Gasteiger partial charge on any atom is -0.351 e. The maximum absolute atomic E-state index is 14.1. The SMILES string of the molecule is Cc1cc(N2C(=O)c3c(CC(=O)CN(C)C)cn(C)c3C2c2ccc(Cl)cc2)cn2c(C)nnc12. The first-order valence-electron chi connectivity index (χ1n) is 11.4. The van der Waals surface area contributed by atoms with Crippen molar-refractivity contribution in [2.24, 2.45) is 7.05 Å². The maximum Gasteiger partial charge on any atom is 0.261 e. The van der Waals surface area contributed by atoms with Crippen LogP contribution < -0.4 is 4.90 Å². The van der Waals surface area contributed by atoms with E-state index in [0.717, 1.165) is 39.5 Å². The van der Waals surface area contributed by atoms with E-state index in [2.05, 4.69) is 10.2 Å². The molecule has 0 fully saturated rings. The summed E-state index contributed by atoms with van der Waals surface area (Å²) in [6.07, 6.45) is 4.02. The van der Waals surface area contributed by atoms with Crippen molar-refractivity contribution in [2.45, 2.75) is 26.3 Å². The highest BCUT2D eigenvalue weighted by Gasteiger charge is 2.43. The van der Waals surface area contributed by atoms with Gasteiger partial charge in [0.1, 0.15) is 11.9 Å². The molecule has 1 amide bonds. The number of likely N-dealkylation sites (N-methyl/N-ethyl adjacent to an activating group) is 1. The van der Waals surface area contributed by atoms with Crippen LogP contribution in [0.25, 0.3) is 5.65 Å². The zero-order valence-electron chi connectivity index (χ0n) is 20.4. The third kappa shape index (κ3) is 3.92. The summed E-state index contributed by atoms with van der Waals surface area (Å²) < 4.78 is 3.88. The minimum atomic E-state index is -0.369. The normalized spacial score (nSPS) is 15.5. The molecule has 1 aliphatic heterocycles. The molecule has 8 nitrogen and oxygen atoms in total. The van der Waals surface area contributed by atoms with E-state index in [1.807, 2.05) is 91.6 Å². The molecule has 1 aromatic carbocycles. The summed E-state index contributed by atoms with van der Waals surface area (Å²) in [7, 11) is 5.65. The number of aryl methyl sites for hydroxylation is 3. The minimum absolute atomic E-state index is 0.0649. The molecule has 0 N–H and O–H groups in total. The molecule has 0 radical (unpaired) electrons. The molecule has 0 saturated carbocycles. The van der Waals surface area contributed by atoms with Gasteiger partial charge in [-0.2, -0.15) is 0 Å². The van der Waals surface area contributed by atoms with Gasteiger partial charge in [-0.1, -0.05) is 23.7 Å². The Morgan fingerprint density at radius 2 is 1.83 bits per heavy atom. The smallest absolute Gasteiger partial charge is 0.261 e. The Bertz CT molecular complexity index is 1470. The number of nitrogens with zero attached hydrogens (tertiary/aromatic N) is 6. The number of anilines is 1. The monoisotopic (exact) mass is 490 g/mol. The Morgan fingerprint density at radius 1 is 1.11 bits per heavy atom. The summed E-state index contributed by atoms with van der Waals surface area (Å²) in [5.74, 6) is 0.680. The number of rotatable bonds is 6. The van der Waals surface area contributed by atoms with Crippen LogP contribution in [0.15, 0.2) is 42.7 Å². The van der Waals surface area contributed by atoms with Crippen LogP contribution in [-0.4, -0.2) is 56.4 Å². The van der Waals surface area contributed by atoms with Gasteiger partial charge in [-0.25, -0.2) is 0 Å². The summed E-state index contributed by atoms with van der Waals surface area (Å²) >= 11 is 6.18. The number of hydrogen-bond donors (Lipinski definition) is 0. The standard InChI is InChI=1S/C26H27ClN6O2/c1-15-10-20(13-32-16(2)28-29-25(15)32)33-23(17-6-8-19(27)9-7-17)24-22(26(33)35)18(12-31(24)5)11-21(34)14-30(3)4/h6-10,12-13,23H,11,14H2,1-5H3. The van der Waals surface area contributed by atoms with Crippen LogP contribution in [0, 0.1) is 13.8 Å². The van der Waals surface area contributed by atoms with E-state index in [0.29, 0.717) is 17.1 Å². The average molecular weight is 491 g/mol. The molecule has 180 valence electrons. The molecule has 1 atom stereocenters. The number of hydrogen-bond acceptors (Lipinski definition) is 5. The highest BCUT2D eigenvalue weighted by Crippen LogP contribution is 2.44. The summed E-state index contributed by atoms with van der Waals surface area (Å²) in [5, 5.41) is 9.08. The third-order valence-electron chi connectivity index (χ3n) is 6.45. The zero-order chi connectivity index (χ0) is 25.0. The number of aromatic nitrogens is 4. The Balaban J connectivity index is 1.68. The van der Waals surface area contributed by atoms with Crippen LogP contribution in [0.1, 0.15) is 44.6 Å². The predicted octanol–water partition coefficient (Wildman–Crippen LogP) is 3.76. The lowest BCUT2D eigenvalue weighted by atomic mass is 10.0. The lowest BCUT2D eigenvalue weighted by Gasteiger charge is -2.27. The van der Waals surface area contributed by atoms with E-state index < -0.39 is 0 Å². The summed E-state index contributed by atoms with van der Waals surface area (Å²) in [6.45, 7) is 4.17. The van der Waals surface area contributed by atoms with Gasteiger partial charge in [-0.15, -0.1) is 10.2 Å². The molecule has 4 aromatic rings.